The zero-order chi connectivity index (χ0) is 9.97. The van der Waals surface area contributed by atoms with Gasteiger partial charge in [-0.15, -0.1) is 0 Å². The Bertz CT molecular complexity index is 421. The van der Waals surface area contributed by atoms with E-state index in [9.17, 15) is 4.79 Å². The van der Waals surface area contributed by atoms with Crippen molar-refractivity contribution in [1.29, 1.82) is 0 Å². The fourth-order valence-electron chi connectivity index (χ4n) is 1.29. The molecular formula is C10H9N2O2+. The third-order valence-corrected chi connectivity index (χ3v) is 1.92. The quantitative estimate of drug-likeness (QED) is 0.516. The molecule has 14 heavy (non-hydrogen) atoms. The van der Waals surface area contributed by atoms with Gasteiger partial charge in [0.2, 0.25) is 0 Å². The van der Waals surface area contributed by atoms with Crippen LogP contribution in [-0.2, 0) is 4.79 Å². The lowest BCUT2D eigenvalue weighted by Crippen LogP contribution is -2.28. The van der Waals surface area contributed by atoms with Gasteiger partial charge in [-0.1, -0.05) is 30.3 Å². The Balaban J connectivity index is 2.34. The molecular weight excluding hydrogens is 180 g/mol. The van der Waals surface area contributed by atoms with E-state index in [1.807, 2.05) is 30.3 Å². The average Bonchev–Trinajstić information content (AvgIpc) is 2.19. The molecule has 0 spiro atoms. The van der Waals surface area contributed by atoms with E-state index in [1.165, 1.54) is 0 Å². The second kappa shape index (κ2) is 3.41. The molecule has 0 saturated heterocycles. The highest BCUT2D eigenvalue weighted by Crippen LogP contribution is 2.03. The maximum Gasteiger partial charge on any atom is 0.284 e. The lowest BCUT2D eigenvalue weighted by atomic mass is 10.1. The molecule has 1 aromatic rings. The van der Waals surface area contributed by atoms with Crippen molar-refractivity contribution < 1.29 is 14.7 Å². The van der Waals surface area contributed by atoms with Gasteiger partial charge in [-0.25, -0.2) is 4.99 Å². The van der Waals surface area contributed by atoms with Crippen LogP contribution in [0.2, 0.25) is 0 Å². The van der Waals surface area contributed by atoms with Gasteiger partial charge in [0.05, 0.1) is 0 Å². The zero-order valence-corrected chi connectivity index (χ0v) is 7.42. The van der Waals surface area contributed by atoms with E-state index < -0.39 is 0 Å². The van der Waals surface area contributed by atoms with Crippen molar-refractivity contribution >= 4 is 17.7 Å². The number of benzene rings is 1. The van der Waals surface area contributed by atoms with Crippen LogP contribution in [0.3, 0.4) is 0 Å². The van der Waals surface area contributed by atoms with Crippen molar-refractivity contribution in [2.45, 2.75) is 0 Å². The van der Waals surface area contributed by atoms with Gasteiger partial charge < -0.3 is 0 Å². The fourth-order valence-corrected chi connectivity index (χ4v) is 1.29. The highest BCUT2D eigenvalue weighted by Gasteiger charge is 2.21. The minimum atomic E-state index is -0.273. The molecule has 2 rings (SSSR count). The highest BCUT2D eigenvalue weighted by atomic mass is 16.5. The predicted octanol–water partition coefficient (Wildman–Crippen LogP) is 0.488. The van der Waals surface area contributed by atoms with E-state index in [0.717, 1.165) is 16.5 Å². The summed E-state index contributed by atoms with van der Waals surface area (Å²) in [6.07, 6.45) is 1.13. The molecule has 0 aliphatic carbocycles. The molecule has 1 heterocycles. The van der Waals surface area contributed by atoms with Gasteiger partial charge in [-0.2, -0.15) is 0 Å². The molecule has 0 bridgehead atoms. The van der Waals surface area contributed by atoms with E-state index in [2.05, 4.69) is 4.99 Å². The summed E-state index contributed by atoms with van der Waals surface area (Å²) >= 11 is 0. The van der Waals surface area contributed by atoms with Gasteiger partial charge in [-0.3, -0.25) is 10.0 Å². The number of carbonyl (C=O) groups excluding carboxylic acids is 1. The van der Waals surface area contributed by atoms with Crippen molar-refractivity contribution in [3.05, 3.63) is 35.9 Å². The number of aliphatic imine (C=N–C) groups is 1. The number of rotatable bonds is 1. The third-order valence-electron chi connectivity index (χ3n) is 1.92. The standard InChI is InChI=1S/C10H9N2O2/c13-9-6-12(14)7-11-10(9)8-4-2-1-3-5-8/h1-6,14H,7H2/q+1. The monoisotopic (exact) mass is 189 g/mol. The molecule has 1 aliphatic heterocycles. The molecule has 0 radical (unpaired) electrons. The molecule has 0 amide bonds. The molecule has 0 fully saturated rings. The van der Waals surface area contributed by atoms with Crippen LogP contribution in [0, 0.1) is 0 Å². The van der Waals surface area contributed by atoms with E-state index >= 15 is 0 Å². The summed E-state index contributed by atoms with van der Waals surface area (Å²) in [7, 11) is 0. The van der Waals surface area contributed by atoms with E-state index in [1.54, 1.807) is 0 Å². The molecule has 0 aromatic heterocycles. The number of hydroxylamine groups is 1. The van der Waals surface area contributed by atoms with Gasteiger partial charge in [-0.05, 0) is 4.74 Å². The van der Waals surface area contributed by atoms with Crippen molar-refractivity contribution in [3.63, 3.8) is 0 Å². The average molecular weight is 189 g/mol. The Morgan fingerprint density at radius 1 is 1.29 bits per heavy atom. The van der Waals surface area contributed by atoms with Crippen LogP contribution in [0.5, 0.6) is 0 Å². The molecule has 1 aromatic carbocycles. The maximum atomic E-state index is 11.4. The maximum absolute atomic E-state index is 11.4. The number of Topliss-reactive ketones (excluding diaryl/α,β-unsaturated/α-hetero) is 1. The summed E-state index contributed by atoms with van der Waals surface area (Å²) in [5.41, 5.74) is 1.18. The first kappa shape index (κ1) is 8.62. The second-order valence-electron chi connectivity index (χ2n) is 2.95. The Morgan fingerprint density at radius 3 is 2.64 bits per heavy atom. The molecule has 4 heteroatoms. The summed E-state index contributed by atoms with van der Waals surface area (Å²) in [5, 5.41) is 8.99. The summed E-state index contributed by atoms with van der Waals surface area (Å²) < 4.78 is 0.773. The van der Waals surface area contributed by atoms with Crippen LogP contribution in [0.25, 0.3) is 0 Å². The molecule has 0 saturated carbocycles. The normalized spacial score (nSPS) is 16.1. The lowest BCUT2D eigenvalue weighted by molar-refractivity contribution is -0.769. The van der Waals surface area contributed by atoms with E-state index in [-0.39, 0.29) is 12.5 Å². The Kier molecular flexibility index (Phi) is 2.10. The summed E-state index contributed by atoms with van der Waals surface area (Å²) in [5.74, 6) is -0.273. The van der Waals surface area contributed by atoms with Gasteiger partial charge >= 0.3 is 0 Å². The molecule has 70 valence electrons. The van der Waals surface area contributed by atoms with Crippen molar-refractivity contribution in [1.82, 2.24) is 0 Å². The first-order valence-electron chi connectivity index (χ1n) is 4.22. The van der Waals surface area contributed by atoms with E-state index in [0.29, 0.717) is 5.71 Å². The van der Waals surface area contributed by atoms with Crippen LogP contribution in [0.1, 0.15) is 5.56 Å². The predicted molar refractivity (Wildman–Crippen MR) is 51.0 cm³/mol. The molecule has 0 atom stereocenters. The van der Waals surface area contributed by atoms with Gasteiger partial charge in [0.25, 0.3) is 18.7 Å². The van der Waals surface area contributed by atoms with Crippen molar-refractivity contribution in [2.75, 3.05) is 6.67 Å². The molecule has 4 nitrogen and oxygen atoms in total. The van der Waals surface area contributed by atoms with Crippen LogP contribution in [-0.4, -0.2) is 34.3 Å². The number of nitrogens with zero attached hydrogens (tertiary/aromatic N) is 2. The topological polar surface area (TPSA) is 52.7 Å². The number of ketones is 1. The smallest absolute Gasteiger partial charge is 0.284 e. The lowest BCUT2D eigenvalue weighted by Gasteiger charge is -2.03. The van der Waals surface area contributed by atoms with Crippen LogP contribution in [0.4, 0.5) is 0 Å². The minimum Gasteiger partial charge on any atom is -0.289 e. The number of hydrogen-bond acceptors (Lipinski definition) is 3. The number of hydrogen-bond donors (Lipinski definition) is 1. The zero-order valence-electron chi connectivity index (χ0n) is 7.42. The molecule has 1 aliphatic rings. The van der Waals surface area contributed by atoms with Crippen LogP contribution in [0.15, 0.2) is 35.3 Å². The second-order valence-corrected chi connectivity index (χ2v) is 2.95. The molecule has 1 N–H and O–H groups in total. The van der Waals surface area contributed by atoms with Crippen molar-refractivity contribution in [3.8, 4) is 0 Å². The van der Waals surface area contributed by atoms with Crippen molar-refractivity contribution in [2.24, 2.45) is 4.99 Å². The SMILES string of the molecule is O=C1C=[N+](O)CN=C1c1ccccc1. The Labute approximate surface area is 80.8 Å². The number of carbonyl (C=O) groups is 1. The first-order valence-corrected chi connectivity index (χ1v) is 4.22. The summed E-state index contributed by atoms with van der Waals surface area (Å²) in [6.45, 7) is 0.107. The van der Waals surface area contributed by atoms with Gasteiger partial charge in [0.1, 0.15) is 5.71 Å². The largest absolute Gasteiger partial charge is 0.289 e. The van der Waals surface area contributed by atoms with Gasteiger partial charge in [0.15, 0.2) is 0 Å². The van der Waals surface area contributed by atoms with Gasteiger partial charge in [0, 0.05) is 5.56 Å². The summed E-state index contributed by atoms with van der Waals surface area (Å²) in [6, 6.07) is 9.20. The summed E-state index contributed by atoms with van der Waals surface area (Å²) in [4.78, 5) is 15.4. The first-order chi connectivity index (χ1) is 6.77. The third kappa shape index (κ3) is 1.54. The van der Waals surface area contributed by atoms with Crippen LogP contribution >= 0.6 is 0 Å². The van der Waals surface area contributed by atoms with Crippen LogP contribution < -0.4 is 0 Å². The highest BCUT2D eigenvalue weighted by molar-refractivity contribution is 6.63. The molecule has 0 unspecified atom stereocenters. The minimum absolute atomic E-state index is 0.107. The fraction of sp³-hybridized carbons (Fsp3) is 0.100. The Morgan fingerprint density at radius 2 is 2.00 bits per heavy atom. The van der Waals surface area contributed by atoms with E-state index in [4.69, 9.17) is 5.21 Å². The Hall–Kier alpha value is -1.97.